The van der Waals surface area contributed by atoms with Crippen molar-refractivity contribution in [1.82, 2.24) is 0 Å². The molecule has 0 amide bonds. The van der Waals surface area contributed by atoms with E-state index in [1.807, 2.05) is 0 Å². The van der Waals surface area contributed by atoms with Gasteiger partial charge in [0.1, 0.15) is 0 Å². The number of carbonyl (C=O) groups is 1. The maximum atomic E-state index is 10.5. The Labute approximate surface area is 79.2 Å². The standard InChI is InChI=1S/C9H8O5/c1-4(9(13)14)5-2-3-6(10)8(12)7(5)11/h2-3,10-12H,1H2,(H,13,14). The van der Waals surface area contributed by atoms with Crippen molar-refractivity contribution in [3.8, 4) is 17.2 Å². The third-order valence-corrected chi connectivity index (χ3v) is 1.71. The van der Waals surface area contributed by atoms with Gasteiger partial charge < -0.3 is 20.4 Å². The van der Waals surface area contributed by atoms with Crippen molar-refractivity contribution in [1.29, 1.82) is 0 Å². The number of aliphatic carboxylic acids is 1. The van der Waals surface area contributed by atoms with Crippen LogP contribution in [0.3, 0.4) is 0 Å². The highest BCUT2D eigenvalue weighted by molar-refractivity contribution is 6.15. The fourth-order valence-electron chi connectivity index (χ4n) is 0.928. The van der Waals surface area contributed by atoms with Crippen LogP contribution in [0.4, 0.5) is 0 Å². The summed E-state index contributed by atoms with van der Waals surface area (Å²) in [6.45, 7) is 3.20. The van der Waals surface area contributed by atoms with Crippen molar-refractivity contribution < 1.29 is 25.2 Å². The maximum Gasteiger partial charge on any atom is 0.335 e. The van der Waals surface area contributed by atoms with Gasteiger partial charge in [0.25, 0.3) is 0 Å². The van der Waals surface area contributed by atoms with Gasteiger partial charge in [-0.2, -0.15) is 0 Å². The van der Waals surface area contributed by atoms with Crippen LogP contribution in [0.2, 0.25) is 0 Å². The van der Waals surface area contributed by atoms with Crippen molar-refractivity contribution in [2.75, 3.05) is 0 Å². The van der Waals surface area contributed by atoms with E-state index in [0.29, 0.717) is 0 Å². The van der Waals surface area contributed by atoms with Crippen molar-refractivity contribution in [2.24, 2.45) is 0 Å². The van der Waals surface area contributed by atoms with E-state index in [-0.39, 0.29) is 11.1 Å². The van der Waals surface area contributed by atoms with Gasteiger partial charge in [-0.25, -0.2) is 4.79 Å². The molecule has 0 saturated heterocycles. The summed E-state index contributed by atoms with van der Waals surface area (Å²) in [6, 6.07) is 2.22. The molecule has 0 bridgehead atoms. The molecule has 0 aliphatic rings. The number of phenolic OH excluding ortho intramolecular Hbond substituents is 3. The minimum absolute atomic E-state index is 0.132. The fourth-order valence-corrected chi connectivity index (χ4v) is 0.928. The number of carboxylic acid groups (broad SMARTS) is 1. The summed E-state index contributed by atoms with van der Waals surface area (Å²) in [4.78, 5) is 10.5. The van der Waals surface area contributed by atoms with Gasteiger partial charge in [-0.3, -0.25) is 0 Å². The Bertz CT molecular complexity index is 408. The Morgan fingerprint density at radius 2 is 1.71 bits per heavy atom. The number of rotatable bonds is 2. The smallest absolute Gasteiger partial charge is 0.335 e. The van der Waals surface area contributed by atoms with Crippen LogP contribution in [-0.4, -0.2) is 26.4 Å². The summed E-state index contributed by atoms with van der Waals surface area (Å²) in [5.41, 5.74) is -0.495. The largest absolute Gasteiger partial charge is 0.504 e. The average Bonchev–Trinajstić information content (AvgIpc) is 2.13. The number of aromatic hydroxyl groups is 3. The molecule has 0 radical (unpaired) electrons. The van der Waals surface area contributed by atoms with E-state index in [0.717, 1.165) is 12.1 Å². The van der Waals surface area contributed by atoms with Gasteiger partial charge in [0.2, 0.25) is 5.75 Å². The highest BCUT2D eigenvalue weighted by Gasteiger charge is 2.16. The predicted octanol–water partition coefficient (Wildman–Crippen LogP) is 0.901. The highest BCUT2D eigenvalue weighted by Crippen LogP contribution is 2.39. The molecule has 0 spiro atoms. The molecule has 0 atom stereocenters. The molecule has 0 saturated carbocycles. The van der Waals surface area contributed by atoms with E-state index in [4.69, 9.17) is 15.3 Å². The van der Waals surface area contributed by atoms with Crippen LogP contribution in [0.15, 0.2) is 18.7 Å². The van der Waals surface area contributed by atoms with E-state index >= 15 is 0 Å². The second-order valence-electron chi connectivity index (χ2n) is 2.61. The molecule has 14 heavy (non-hydrogen) atoms. The van der Waals surface area contributed by atoms with Crippen molar-refractivity contribution in [2.45, 2.75) is 0 Å². The van der Waals surface area contributed by atoms with Gasteiger partial charge in [-0.15, -0.1) is 0 Å². The molecule has 0 unspecified atom stereocenters. The second kappa shape index (κ2) is 3.29. The second-order valence-corrected chi connectivity index (χ2v) is 2.61. The summed E-state index contributed by atoms with van der Waals surface area (Å²) in [7, 11) is 0. The van der Waals surface area contributed by atoms with E-state index in [9.17, 15) is 9.90 Å². The molecular formula is C9H8O5. The Morgan fingerprint density at radius 3 is 2.21 bits per heavy atom. The lowest BCUT2D eigenvalue weighted by Gasteiger charge is -2.06. The summed E-state index contributed by atoms with van der Waals surface area (Å²) < 4.78 is 0. The van der Waals surface area contributed by atoms with Gasteiger partial charge in [0, 0.05) is 5.56 Å². The van der Waals surface area contributed by atoms with Crippen LogP contribution in [0.5, 0.6) is 17.2 Å². The number of hydrogen-bond acceptors (Lipinski definition) is 4. The molecule has 5 heteroatoms. The van der Waals surface area contributed by atoms with E-state index in [1.54, 1.807) is 0 Å². The number of benzene rings is 1. The summed E-state index contributed by atoms with van der Waals surface area (Å²) in [5.74, 6) is -3.29. The Morgan fingerprint density at radius 1 is 1.14 bits per heavy atom. The first kappa shape index (κ1) is 9.91. The molecule has 1 aromatic rings. The Hall–Kier alpha value is -2.17. The molecule has 0 aliphatic heterocycles. The quantitative estimate of drug-likeness (QED) is 0.416. The molecule has 5 nitrogen and oxygen atoms in total. The van der Waals surface area contributed by atoms with Gasteiger partial charge >= 0.3 is 5.97 Å². The van der Waals surface area contributed by atoms with Crippen LogP contribution < -0.4 is 0 Å². The Balaban J connectivity index is 3.31. The topological polar surface area (TPSA) is 98.0 Å². The molecule has 1 aromatic carbocycles. The highest BCUT2D eigenvalue weighted by atomic mass is 16.4. The maximum absolute atomic E-state index is 10.5. The zero-order valence-corrected chi connectivity index (χ0v) is 7.06. The number of phenols is 3. The predicted molar refractivity (Wildman–Crippen MR) is 48.1 cm³/mol. The fraction of sp³-hybridized carbons (Fsp3) is 0. The normalized spacial score (nSPS) is 9.71. The third kappa shape index (κ3) is 1.47. The molecule has 4 N–H and O–H groups in total. The van der Waals surface area contributed by atoms with Crippen LogP contribution in [0, 0.1) is 0 Å². The van der Waals surface area contributed by atoms with Crippen LogP contribution in [0.25, 0.3) is 5.57 Å². The lowest BCUT2D eigenvalue weighted by molar-refractivity contribution is -0.130. The minimum atomic E-state index is -1.31. The van der Waals surface area contributed by atoms with Gasteiger partial charge in [-0.05, 0) is 12.1 Å². The molecule has 0 fully saturated rings. The lowest BCUT2D eigenvalue weighted by Crippen LogP contribution is -1.98. The first-order chi connectivity index (χ1) is 6.45. The van der Waals surface area contributed by atoms with Crippen LogP contribution >= 0.6 is 0 Å². The first-order valence-corrected chi connectivity index (χ1v) is 3.61. The van der Waals surface area contributed by atoms with Crippen molar-refractivity contribution in [3.05, 3.63) is 24.3 Å². The van der Waals surface area contributed by atoms with Crippen LogP contribution in [-0.2, 0) is 4.79 Å². The van der Waals surface area contributed by atoms with Crippen molar-refractivity contribution >= 4 is 11.5 Å². The SMILES string of the molecule is C=C(C(=O)O)c1ccc(O)c(O)c1O. The lowest BCUT2D eigenvalue weighted by atomic mass is 10.1. The molecule has 74 valence electrons. The molecule has 1 rings (SSSR count). The van der Waals surface area contributed by atoms with Crippen LogP contribution in [0.1, 0.15) is 5.56 Å². The van der Waals surface area contributed by atoms with E-state index < -0.39 is 23.2 Å². The van der Waals surface area contributed by atoms with Gasteiger partial charge in [-0.1, -0.05) is 6.58 Å². The molecule has 0 aliphatic carbocycles. The minimum Gasteiger partial charge on any atom is -0.504 e. The number of hydrogen-bond donors (Lipinski definition) is 4. The summed E-state index contributed by atoms with van der Waals surface area (Å²) >= 11 is 0. The molecule has 0 heterocycles. The van der Waals surface area contributed by atoms with E-state index in [2.05, 4.69) is 6.58 Å². The molecule has 0 aromatic heterocycles. The monoisotopic (exact) mass is 196 g/mol. The zero-order chi connectivity index (χ0) is 10.9. The zero-order valence-electron chi connectivity index (χ0n) is 7.06. The van der Waals surface area contributed by atoms with E-state index in [1.165, 1.54) is 0 Å². The third-order valence-electron chi connectivity index (χ3n) is 1.71. The Kier molecular flexibility index (Phi) is 2.33. The van der Waals surface area contributed by atoms with Crippen molar-refractivity contribution in [3.63, 3.8) is 0 Å². The summed E-state index contributed by atoms with van der Waals surface area (Å²) in [5, 5.41) is 35.9. The first-order valence-electron chi connectivity index (χ1n) is 3.61. The van der Waals surface area contributed by atoms with Gasteiger partial charge in [0.05, 0.1) is 5.57 Å². The molecular weight excluding hydrogens is 188 g/mol. The number of carboxylic acids is 1. The average molecular weight is 196 g/mol. The van der Waals surface area contributed by atoms with Gasteiger partial charge in [0.15, 0.2) is 11.5 Å². The summed E-state index contributed by atoms with van der Waals surface area (Å²) in [6.07, 6.45) is 0.